The summed E-state index contributed by atoms with van der Waals surface area (Å²) in [6.07, 6.45) is -1.66. The molecule has 1 aromatic rings. The first kappa shape index (κ1) is 22.1. The lowest BCUT2D eigenvalue weighted by Crippen LogP contribution is -2.38. The third kappa shape index (κ3) is 7.12. The van der Waals surface area contributed by atoms with Crippen molar-refractivity contribution in [1.29, 1.82) is 0 Å². The molecule has 0 saturated carbocycles. The van der Waals surface area contributed by atoms with Crippen molar-refractivity contribution in [3.8, 4) is 0 Å². The van der Waals surface area contributed by atoms with Crippen LogP contribution in [0.5, 0.6) is 0 Å². The lowest BCUT2D eigenvalue weighted by Gasteiger charge is -2.23. The Bertz CT molecular complexity index is 575. The molecule has 24 heavy (non-hydrogen) atoms. The zero-order chi connectivity index (χ0) is 17.6. The van der Waals surface area contributed by atoms with Gasteiger partial charge in [0.25, 0.3) is 5.69 Å². The van der Waals surface area contributed by atoms with Crippen LogP contribution in [0.2, 0.25) is 0 Å². The van der Waals surface area contributed by atoms with Crippen LogP contribution in [0.15, 0.2) is 18.2 Å². The number of aliphatic hydroxyl groups is 1. The molecule has 1 amide bonds. The molecule has 9 heteroatoms. The van der Waals surface area contributed by atoms with Crippen LogP contribution >= 0.6 is 12.4 Å². The largest absolute Gasteiger partial charge is 0.450 e. The second-order valence-corrected chi connectivity index (χ2v) is 6.03. The summed E-state index contributed by atoms with van der Waals surface area (Å²) >= 11 is 0. The minimum Gasteiger partial charge on any atom is -0.450 e. The van der Waals surface area contributed by atoms with Crippen LogP contribution in [0.1, 0.15) is 39.4 Å². The molecule has 0 fully saturated rings. The predicted molar refractivity (Wildman–Crippen MR) is 93.7 cm³/mol. The first-order valence-electron chi connectivity index (χ1n) is 7.29. The van der Waals surface area contributed by atoms with Gasteiger partial charge in [0.2, 0.25) is 0 Å². The van der Waals surface area contributed by atoms with Crippen molar-refractivity contribution < 1.29 is 19.6 Å². The molecule has 8 nitrogen and oxygen atoms in total. The van der Waals surface area contributed by atoms with Gasteiger partial charge in [-0.1, -0.05) is 6.07 Å². The summed E-state index contributed by atoms with van der Waals surface area (Å²) in [4.78, 5) is 22.0. The molecule has 1 rings (SSSR count). The van der Waals surface area contributed by atoms with Crippen LogP contribution < -0.4 is 10.6 Å². The van der Waals surface area contributed by atoms with Crippen LogP contribution in [-0.4, -0.2) is 34.8 Å². The van der Waals surface area contributed by atoms with Crippen molar-refractivity contribution in [2.75, 3.05) is 18.5 Å². The van der Waals surface area contributed by atoms with Crippen LogP contribution in [-0.2, 0) is 4.74 Å². The summed E-state index contributed by atoms with van der Waals surface area (Å²) in [5.74, 6) is 0. The maximum Gasteiger partial charge on any atom is 0.411 e. The molecule has 0 aliphatic carbocycles. The number of amides is 1. The molecule has 0 radical (unpaired) electrons. The lowest BCUT2D eigenvalue weighted by atomic mass is 10.0. The van der Waals surface area contributed by atoms with Crippen molar-refractivity contribution in [3.63, 3.8) is 0 Å². The van der Waals surface area contributed by atoms with Crippen LogP contribution in [0.3, 0.4) is 0 Å². The van der Waals surface area contributed by atoms with E-state index in [9.17, 15) is 20.0 Å². The van der Waals surface area contributed by atoms with Crippen LogP contribution in [0, 0.1) is 10.1 Å². The highest BCUT2D eigenvalue weighted by Gasteiger charge is 2.20. The van der Waals surface area contributed by atoms with Gasteiger partial charge < -0.3 is 15.2 Å². The van der Waals surface area contributed by atoms with E-state index in [4.69, 9.17) is 4.74 Å². The van der Waals surface area contributed by atoms with Crippen LogP contribution in [0.25, 0.3) is 0 Å². The number of benzene rings is 1. The third-order valence-electron chi connectivity index (χ3n) is 2.94. The Morgan fingerprint density at radius 2 is 2.04 bits per heavy atom. The normalized spacial score (nSPS) is 12.0. The monoisotopic (exact) mass is 361 g/mol. The molecule has 0 saturated heterocycles. The Labute approximate surface area is 147 Å². The van der Waals surface area contributed by atoms with Gasteiger partial charge in [0.1, 0.15) is 5.69 Å². The maximum atomic E-state index is 11.4. The highest BCUT2D eigenvalue weighted by Crippen LogP contribution is 2.28. The molecule has 1 aromatic carbocycles. The molecular formula is C15H24ClN3O5. The van der Waals surface area contributed by atoms with Gasteiger partial charge in [0.05, 0.1) is 17.6 Å². The number of carbonyl (C=O) groups excluding carboxylic acids is 1. The lowest BCUT2D eigenvalue weighted by molar-refractivity contribution is -0.384. The first-order valence-corrected chi connectivity index (χ1v) is 7.29. The second kappa shape index (κ2) is 9.41. The van der Waals surface area contributed by atoms with Gasteiger partial charge in [-0.2, -0.15) is 0 Å². The summed E-state index contributed by atoms with van der Waals surface area (Å²) in [5, 5.41) is 26.8. The number of nitrogens with one attached hydrogen (secondary N) is 2. The average molecular weight is 362 g/mol. The van der Waals surface area contributed by atoms with Crippen molar-refractivity contribution in [3.05, 3.63) is 33.9 Å². The fourth-order valence-electron chi connectivity index (χ4n) is 1.81. The zero-order valence-corrected chi connectivity index (χ0v) is 15.0. The second-order valence-electron chi connectivity index (χ2n) is 6.03. The summed E-state index contributed by atoms with van der Waals surface area (Å²) in [6.45, 7) is 7.91. The fourth-order valence-corrected chi connectivity index (χ4v) is 1.81. The minimum absolute atomic E-state index is 0. The highest BCUT2D eigenvalue weighted by molar-refractivity contribution is 5.87. The van der Waals surface area contributed by atoms with E-state index in [1.54, 1.807) is 6.92 Å². The van der Waals surface area contributed by atoms with Crippen molar-refractivity contribution in [2.24, 2.45) is 0 Å². The highest BCUT2D eigenvalue weighted by atomic mass is 35.5. The quantitative estimate of drug-likeness (QED) is 0.530. The number of nitro benzene ring substituents is 1. The number of halogens is 1. The average Bonchev–Trinajstić information content (AvgIpc) is 2.44. The summed E-state index contributed by atoms with van der Waals surface area (Å²) in [7, 11) is 0. The molecule has 1 atom stereocenters. The minimum atomic E-state index is -0.899. The van der Waals surface area contributed by atoms with E-state index in [1.165, 1.54) is 18.2 Å². The Morgan fingerprint density at radius 3 is 2.54 bits per heavy atom. The third-order valence-corrected chi connectivity index (χ3v) is 2.94. The number of ether oxygens (including phenoxy) is 1. The number of hydrogen-bond acceptors (Lipinski definition) is 6. The number of nitro groups is 1. The molecule has 3 N–H and O–H groups in total. The summed E-state index contributed by atoms with van der Waals surface area (Å²) in [5.41, 5.74) is -0.0698. The number of aliphatic hydroxyl groups excluding tert-OH is 1. The predicted octanol–water partition coefficient (Wildman–Crippen LogP) is 3.01. The van der Waals surface area contributed by atoms with Gasteiger partial charge >= 0.3 is 6.09 Å². The van der Waals surface area contributed by atoms with E-state index in [1.807, 2.05) is 20.8 Å². The SMILES string of the molecule is CCOC(=O)Nc1ccc(C(O)CNC(C)(C)C)cc1[N+](=O)[O-].Cl. The summed E-state index contributed by atoms with van der Waals surface area (Å²) in [6, 6.07) is 4.16. The molecule has 0 bridgehead atoms. The van der Waals surface area contributed by atoms with Crippen molar-refractivity contribution in [2.45, 2.75) is 39.3 Å². The molecule has 1 unspecified atom stereocenters. The van der Waals surface area contributed by atoms with E-state index in [0.29, 0.717) is 5.56 Å². The van der Waals surface area contributed by atoms with E-state index in [2.05, 4.69) is 10.6 Å². The van der Waals surface area contributed by atoms with E-state index < -0.39 is 17.1 Å². The standard InChI is InChI=1S/C15H23N3O5.ClH/c1-5-23-14(20)17-11-7-6-10(8-12(11)18(21)22)13(19)9-16-15(2,3)4;/h6-8,13,16,19H,5,9H2,1-4H3,(H,17,20);1H. The van der Waals surface area contributed by atoms with Gasteiger partial charge in [0, 0.05) is 18.2 Å². The molecule has 136 valence electrons. The Morgan fingerprint density at radius 1 is 1.42 bits per heavy atom. The maximum absolute atomic E-state index is 11.4. The molecule has 0 aliphatic rings. The van der Waals surface area contributed by atoms with Gasteiger partial charge in [-0.05, 0) is 39.3 Å². The van der Waals surface area contributed by atoms with Crippen LogP contribution in [0.4, 0.5) is 16.2 Å². The molecular weight excluding hydrogens is 338 g/mol. The molecule has 0 spiro atoms. The van der Waals surface area contributed by atoms with Gasteiger partial charge in [-0.15, -0.1) is 12.4 Å². The number of nitrogens with zero attached hydrogens (tertiary/aromatic N) is 1. The Kier molecular flexibility index (Phi) is 8.66. The van der Waals surface area contributed by atoms with Crippen molar-refractivity contribution in [1.82, 2.24) is 5.32 Å². The van der Waals surface area contributed by atoms with E-state index in [-0.39, 0.29) is 42.5 Å². The van der Waals surface area contributed by atoms with Gasteiger partial charge in [-0.25, -0.2) is 4.79 Å². The first-order chi connectivity index (χ1) is 10.6. The molecule has 0 aromatic heterocycles. The zero-order valence-electron chi connectivity index (χ0n) is 14.2. The number of β-amino-alcohol motifs (C(OH)–C–C–N with tert-alkyl or cyclic N) is 1. The fraction of sp³-hybridized carbons (Fsp3) is 0.533. The molecule has 0 heterocycles. The smallest absolute Gasteiger partial charge is 0.411 e. The Hall–Kier alpha value is -1.90. The van der Waals surface area contributed by atoms with Gasteiger partial charge in [-0.3, -0.25) is 15.4 Å². The van der Waals surface area contributed by atoms with Crippen molar-refractivity contribution >= 4 is 29.9 Å². The number of carbonyl (C=O) groups is 1. The summed E-state index contributed by atoms with van der Waals surface area (Å²) < 4.78 is 4.70. The Balaban J connectivity index is 0.00000529. The number of hydrogen-bond donors (Lipinski definition) is 3. The number of anilines is 1. The molecule has 0 aliphatic heterocycles. The number of rotatable bonds is 6. The topological polar surface area (TPSA) is 114 Å². The van der Waals surface area contributed by atoms with Gasteiger partial charge in [0.15, 0.2) is 0 Å². The van der Waals surface area contributed by atoms with E-state index >= 15 is 0 Å². The van der Waals surface area contributed by atoms with E-state index in [0.717, 1.165) is 0 Å².